The Balaban J connectivity index is 1.59. The molecule has 0 aliphatic carbocycles. The molecule has 1 fully saturated rings. The van der Waals surface area contributed by atoms with Gasteiger partial charge in [-0.1, -0.05) is 32.3 Å². The summed E-state index contributed by atoms with van der Waals surface area (Å²) in [6, 6.07) is 9.27. The molecule has 0 bridgehead atoms. The second-order valence-corrected chi connectivity index (χ2v) is 8.23. The summed E-state index contributed by atoms with van der Waals surface area (Å²) in [5, 5.41) is 3.03. The van der Waals surface area contributed by atoms with Crippen molar-refractivity contribution >= 4 is 11.7 Å². The molecular formula is C25H36N4O3. The number of carbonyl (C=O) groups is 1. The maximum absolute atomic E-state index is 12.8. The highest BCUT2D eigenvalue weighted by Crippen LogP contribution is 2.28. The van der Waals surface area contributed by atoms with E-state index < -0.39 is 0 Å². The minimum absolute atomic E-state index is 0.147. The van der Waals surface area contributed by atoms with Gasteiger partial charge in [-0.3, -0.25) is 4.79 Å². The lowest BCUT2D eigenvalue weighted by Crippen LogP contribution is -2.45. The SMILES string of the molecule is CCCCCCOc1ccc(C(=O)NCc2cccnc2N2CCN(C)CC2)cc1OC. The molecule has 2 heterocycles. The molecule has 1 saturated heterocycles. The first kappa shape index (κ1) is 23.9. The van der Waals surface area contributed by atoms with Crippen LogP contribution in [0.1, 0.15) is 48.5 Å². The molecule has 1 amide bonds. The van der Waals surface area contributed by atoms with E-state index in [2.05, 4.69) is 34.1 Å². The van der Waals surface area contributed by atoms with E-state index in [9.17, 15) is 4.79 Å². The lowest BCUT2D eigenvalue weighted by Gasteiger charge is -2.34. The summed E-state index contributed by atoms with van der Waals surface area (Å²) in [4.78, 5) is 22.0. The Morgan fingerprint density at radius 2 is 1.91 bits per heavy atom. The molecule has 1 N–H and O–H groups in total. The second-order valence-electron chi connectivity index (χ2n) is 8.23. The Labute approximate surface area is 191 Å². The molecule has 2 aromatic rings. The molecule has 1 aromatic heterocycles. The quantitative estimate of drug-likeness (QED) is 0.537. The van der Waals surface area contributed by atoms with Crippen LogP contribution in [0.25, 0.3) is 0 Å². The number of nitrogens with zero attached hydrogens (tertiary/aromatic N) is 3. The third kappa shape index (κ3) is 6.60. The van der Waals surface area contributed by atoms with Crippen LogP contribution in [0.15, 0.2) is 36.5 Å². The van der Waals surface area contributed by atoms with Gasteiger partial charge in [0, 0.05) is 50.0 Å². The van der Waals surface area contributed by atoms with Gasteiger partial charge in [-0.05, 0) is 37.7 Å². The van der Waals surface area contributed by atoms with Crippen LogP contribution in [0.3, 0.4) is 0 Å². The number of carbonyl (C=O) groups excluding carboxylic acids is 1. The number of aromatic nitrogens is 1. The highest BCUT2D eigenvalue weighted by Gasteiger charge is 2.18. The van der Waals surface area contributed by atoms with Crippen LogP contribution < -0.4 is 19.7 Å². The van der Waals surface area contributed by atoms with Gasteiger partial charge < -0.3 is 24.6 Å². The number of hydrogen-bond donors (Lipinski definition) is 1. The summed E-state index contributed by atoms with van der Waals surface area (Å²) in [5.41, 5.74) is 1.56. The Morgan fingerprint density at radius 1 is 1.09 bits per heavy atom. The van der Waals surface area contributed by atoms with Gasteiger partial charge in [0.2, 0.25) is 0 Å². The highest BCUT2D eigenvalue weighted by atomic mass is 16.5. The van der Waals surface area contributed by atoms with E-state index in [0.29, 0.717) is 30.2 Å². The van der Waals surface area contributed by atoms with Crippen molar-refractivity contribution in [1.29, 1.82) is 0 Å². The van der Waals surface area contributed by atoms with E-state index in [1.54, 1.807) is 19.2 Å². The molecule has 7 nitrogen and oxygen atoms in total. The largest absolute Gasteiger partial charge is 0.493 e. The molecule has 1 aromatic carbocycles. The van der Waals surface area contributed by atoms with E-state index >= 15 is 0 Å². The summed E-state index contributed by atoms with van der Waals surface area (Å²) >= 11 is 0. The molecule has 32 heavy (non-hydrogen) atoms. The molecule has 0 saturated carbocycles. The molecule has 7 heteroatoms. The van der Waals surface area contributed by atoms with E-state index in [1.165, 1.54) is 12.8 Å². The van der Waals surface area contributed by atoms with Gasteiger partial charge in [-0.25, -0.2) is 4.98 Å². The number of nitrogens with one attached hydrogen (secondary N) is 1. The molecule has 0 spiro atoms. The Hall–Kier alpha value is -2.80. The molecule has 0 atom stereocenters. The summed E-state index contributed by atoms with van der Waals surface area (Å²) in [5.74, 6) is 2.05. The second kappa shape index (κ2) is 12.3. The number of pyridine rings is 1. The minimum atomic E-state index is -0.147. The monoisotopic (exact) mass is 440 g/mol. The summed E-state index contributed by atoms with van der Waals surface area (Å²) in [6.45, 7) is 7.15. The van der Waals surface area contributed by atoms with Crippen molar-refractivity contribution in [3.8, 4) is 11.5 Å². The maximum Gasteiger partial charge on any atom is 0.251 e. The van der Waals surface area contributed by atoms with E-state index in [4.69, 9.17) is 9.47 Å². The highest BCUT2D eigenvalue weighted by molar-refractivity contribution is 5.94. The van der Waals surface area contributed by atoms with Gasteiger partial charge in [0.15, 0.2) is 11.5 Å². The molecular weight excluding hydrogens is 404 g/mol. The lowest BCUT2D eigenvalue weighted by atomic mass is 10.1. The number of piperazine rings is 1. The third-order valence-electron chi connectivity index (χ3n) is 5.79. The zero-order valence-electron chi connectivity index (χ0n) is 19.6. The number of unbranched alkanes of at least 4 members (excludes halogenated alkanes) is 3. The number of rotatable bonds is 11. The van der Waals surface area contributed by atoms with Crippen LogP contribution in [0, 0.1) is 0 Å². The van der Waals surface area contributed by atoms with E-state index in [0.717, 1.165) is 50.4 Å². The van der Waals surface area contributed by atoms with Crippen molar-refractivity contribution in [3.05, 3.63) is 47.7 Å². The van der Waals surface area contributed by atoms with Crippen molar-refractivity contribution in [2.75, 3.05) is 51.8 Å². The van der Waals surface area contributed by atoms with E-state index in [-0.39, 0.29) is 5.91 Å². The van der Waals surface area contributed by atoms with Crippen molar-refractivity contribution in [1.82, 2.24) is 15.2 Å². The number of benzene rings is 1. The molecule has 3 rings (SSSR count). The molecule has 1 aliphatic heterocycles. The van der Waals surface area contributed by atoms with Crippen molar-refractivity contribution in [2.45, 2.75) is 39.2 Å². The topological polar surface area (TPSA) is 66.9 Å². The number of amides is 1. The lowest BCUT2D eigenvalue weighted by molar-refractivity contribution is 0.0950. The summed E-state index contributed by atoms with van der Waals surface area (Å²) in [6.07, 6.45) is 6.39. The Kier molecular flexibility index (Phi) is 9.16. The molecule has 174 valence electrons. The fraction of sp³-hybridized carbons (Fsp3) is 0.520. The Morgan fingerprint density at radius 3 is 2.66 bits per heavy atom. The summed E-state index contributed by atoms with van der Waals surface area (Å²) < 4.78 is 11.3. The maximum atomic E-state index is 12.8. The van der Waals surface area contributed by atoms with Gasteiger partial charge >= 0.3 is 0 Å². The van der Waals surface area contributed by atoms with Gasteiger partial charge in [-0.15, -0.1) is 0 Å². The van der Waals surface area contributed by atoms with Crippen LogP contribution in [0.4, 0.5) is 5.82 Å². The van der Waals surface area contributed by atoms with Crippen molar-refractivity contribution in [2.24, 2.45) is 0 Å². The fourth-order valence-corrected chi connectivity index (χ4v) is 3.79. The first-order chi connectivity index (χ1) is 15.6. The van der Waals surface area contributed by atoms with Crippen molar-refractivity contribution in [3.63, 3.8) is 0 Å². The van der Waals surface area contributed by atoms with E-state index in [1.807, 2.05) is 24.4 Å². The summed E-state index contributed by atoms with van der Waals surface area (Å²) in [7, 11) is 3.73. The zero-order valence-corrected chi connectivity index (χ0v) is 19.6. The van der Waals surface area contributed by atoms with Gasteiger partial charge in [0.25, 0.3) is 5.91 Å². The number of hydrogen-bond acceptors (Lipinski definition) is 6. The standard InChI is InChI=1S/C25H36N4O3/c1-4-5-6-7-17-32-22-11-10-20(18-23(22)31-3)25(30)27-19-21-9-8-12-26-24(21)29-15-13-28(2)14-16-29/h8-12,18H,4-7,13-17,19H2,1-3H3,(H,27,30). The van der Waals surface area contributed by atoms with Gasteiger partial charge in [0.1, 0.15) is 5.82 Å². The number of methoxy groups -OCH3 is 1. The number of ether oxygens (including phenoxy) is 2. The fourth-order valence-electron chi connectivity index (χ4n) is 3.79. The predicted octanol–water partition coefficient (Wildman–Crippen LogP) is 3.73. The number of likely N-dealkylation sites (N-methyl/N-ethyl adjacent to an activating group) is 1. The van der Waals surface area contributed by atoms with Crippen molar-refractivity contribution < 1.29 is 14.3 Å². The number of anilines is 1. The average molecular weight is 441 g/mol. The van der Waals surface area contributed by atoms with Crippen LogP contribution in [0.5, 0.6) is 11.5 Å². The Bertz CT molecular complexity index is 866. The van der Waals surface area contributed by atoms with Gasteiger partial charge in [-0.2, -0.15) is 0 Å². The zero-order chi connectivity index (χ0) is 22.8. The van der Waals surface area contributed by atoms with Crippen LogP contribution >= 0.6 is 0 Å². The third-order valence-corrected chi connectivity index (χ3v) is 5.79. The molecule has 0 unspecified atom stereocenters. The first-order valence-corrected chi connectivity index (χ1v) is 11.6. The van der Waals surface area contributed by atoms with Crippen LogP contribution in [-0.4, -0.2) is 62.7 Å². The minimum Gasteiger partial charge on any atom is -0.493 e. The first-order valence-electron chi connectivity index (χ1n) is 11.6. The average Bonchev–Trinajstić information content (AvgIpc) is 2.83. The predicted molar refractivity (Wildman–Crippen MR) is 128 cm³/mol. The van der Waals surface area contributed by atoms with Crippen LogP contribution in [0.2, 0.25) is 0 Å². The van der Waals surface area contributed by atoms with Gasteiger partial charge in [0.05, 0.1) is 13.7 Å². The molecule has 1 aliphatic rings. The molecule has 0 radical (unpaired) electrons. The normalized spacial score (nSPS) is 14.3. The van der Waals surface area contributed by atoms with Crippen LogP contribution in [-0.2, 0) is 6.54 Å². The smallest absolute Gasteiger partial charge is 0.251 e.